The van der Waals surface area contributed by atoms with E-state index in [-0.39, 0.29) is 0 Å². The van der Waals surface area contributed by atoms with E-state index >= 15 is 0 Å². The average Bonchev–Trinajstić information content (AvgIpc) is 2.60. The van der Waals surface area contributed by atoms with Gasteiger partial charge in [0, 0.05) is 18.5 Å². The van der Waals surface area contributed by atoms with Gasteiger partial charge in [-0.2, -0.15) is 0 Å². The Morgan fingerprint density at radius 3 is 3.15 bits per heavy atom. The summed E-state index contributed by atoms with van der Waals surface area (Å²) < 4.78 is 5.38. The molecule has 0 aliphatic carbocycles. The summed E-state index contributed by atoms with van der Waals surface area (Å²) in [6.45, 7) is 3.41. The summed E-state index contributed by atoms with van der Waals surface area (Å²) in [5.74, 6) is 1.64. The molecule has 0 spiro atoms. The largest absolute Gasteiger partial charge is 0.444 e. The maximum atomic E-state index is 5.38. The van der Waals surface area contributed by atoms with Gasteiger partial charge in [-0.15, -0.1) is 0 Å². The fourth-order valence-electron chi connectivity index (χ4n) is 0.900. The predicted molar refractivity (Wildman–Crippen MR) is 52.6 cm³/mol. The van der Waals surface area contributed by atoms with Gasteiger partial charge in [0.25, 0.3) is 0 Å². The van der Waals surface area contributed by atoms with E-state index < -0.39 is 0 Å². The van der Waals surface area contributed by atoms with Crippen LogP contribution in [-0.4, -0.2) is 11.5 Å². The molecule has 0 aliphatic heterocycles. The maximum absolute atomic E-state index is 5.38. The van der Waals surface area contributed by atoms with E-state index in [9.17, 15) is 0 Å². The number of nitrogens with zero attached hydrogens (tertiary/aromatic N) is 1. The normalized spacial score (nSPS) is 11.2. The first-order chi connectivity index (χ1) is 6.36. The van der Waals surface area contributed by atoms with E-state index in [1.54, 1.807) is 6.20 Å². The summed E-state index contributed by atoms with van der Waals surface area (Å²) in [7, 11) is 0. The second kappa shape index (κ2) is 5.78. The van der Waals surface area contributed by atoms with Crippen LogP contribution in [0.5, 0.6) is 0 Å². The zero-order chi connectivity index (χ0) is 9.52. The number of halogens is 1. The van der Waals surface area contributed by atoms with Gasteiger partial charge in [0.15, 0.2) is 0 Å². The molecule has 1 aromatic heterocycles. The van der Waals surface area contributed by atoms with Gasteiger partial charge in [0.2, 0.25) is 5.89 Å². The van der Waals surface area contributed by atoms with Crippen molar-refractivity contribution in [2.45, 2.75) is 19.9 Å². The van der Waals surface area contributed by atoms with Crippen molar-refractivity contribution in [2.75, 3.05) is 6.54 Å². The van der Waals surface area contributed by atoms with E-state index in [4.69, 9.17) is 16.0 Å². The van der Waals surface area contributed by atoms with Gasteiger partial charge < -0.3 is 9.73 Å². The molecule has 13 heavy (non-hydrogen) atoms. The number of nitrogens with one attached hydrogen (secondary N) is 1. The molecule has 1 N–H and O–H groups in total. The van der Waals surface area contributed by atoms with Crippen molar-refractivity contribution in [3.8, 4) is 0 Å². The van der Waals surface area contributed by atoms with E-state index in [1.807, 2.05) is 13.0 Å². The lowest BCUT2D eigenvalue weighted by Crippen LogP contribution is -2.12. The van der Waals surface area contributed by atoms with Crippen LogP contribution in [0.2, 0.25) is 0 Å². The van der Waals surface area contributed by atoms with Crippen LogP contribution in [0.4, 0.5) is 0 Å². The molecule has 1 heterocycles. The molecule has 0 saturated heterocycles. The number of oxazole rings is 1. The third-order valence-electron chi connectivity index (χ3n) is 1.58. The lowest BCUT2D eigenvalue weighted by atomic mass is 10.4. The highest BCUT2D eigenvalue weighted by Gasteiger charge is 1.99. The predicted octanol–water partition coefficient (Wildman–Crippen LogP) is 2.08. The first kappa shape index (κ1) is 10.3. The van der Waals surface area contributed by atoms with Crippen LogP contribution < -0.4 is 5.32 Å². The Balaban J connectivity index is 2.28. The summed E-state index contributed by atoms with van der Waals surface area (Å²) >= 11 is 5.35. The Hall–Kier alpha value is -0.800. The highest BCUT2D eigenvalue weighted by Crippen LogP contribution is 2.03. The Bertz CT molecular complexity index is 270. The van der Waals surface area contributed by atoms with Crippen LogP contribution in [0.1, 0.15) is 18.6 Å². The van der Waals surface area contributed by atoms with Gasteiger partial charge in [0.1, 0.15) is 5.76 Å². The molecule has 0 amide bonds. The molecule has 0 bridgehead atoms. The Labute approximate surface area is 82.8 Å². The molecule has 0 saturated carbocycles. The second-order valence-corrected chi connectivity index (χ2v) is 2.82. The lowest BCUT2D eigenvalue weighted by molar-refractivity contribution is 0.444. The molecule has 1 aromatic rings. The third kappa shape index (κ3) is 3.61. The van der Waals surface area contributed by atoms with Gasteiger partial charge in [-0.05, 0) is 0 Å². The van der Waals surface area contributed by atoms with Gasteiger partial charge in [-0.1, -0.05) is 24.6 Å². The van der Waals surface area contributed by atoms with Gasteiger partial charge in [0.05, 0.1) is 12.7 Å². The Morgan fingerprint density at radius 1 is 1.69 bits per heavy atom. The summed E-state index contributed by atoms with van der Waals surface area (Å²) in [5.41, 5.74) is 1.49. The number of hydrogen-bond donors (Lipinski definition) is 1. The highest BCUT2D eigenvalue weighted by molar-refractivity contribution is 6.25. The van der Waals surface area contributed by atoms with Crippen molar-refractivity contribution >= 4 is 11.6 Å². The lowest BCUT2D eigenvalue weighted by Gasteiger charge is -1.95. The van der Waals surface area contributed by atoms with Crippen molar-refractivity contribution in [2.24, 2.45) is 0 Å². The van der Waals surface area contributed by atoms with Crippen LogP contribution in [0.25, 0.3) is 0 Å². The zero-order valence-electron chi connectivity index (χ0n) is 7.59. The van der Waals surface area contributed by atoms with Crippen molar-refractivity contribution in [1.82, 2.24) is 10.3 Å². The Morgan fingerprint density at radius 2 is 2.54 bits per heavy atom. The van der Waals surface area contributed by atoms with Crippen LogP contribution in [0, 0.1) is 0 Å². The summed E-state index contributed by atoms with van der Waals surface area (Å²) in [6.07, 6.45) is 4.47. The molecule has 0 radical (unpaired) electrons. The average molecular weight is 201 g/mol. The highest BCUT2D eigenvalue weighted by atomic mass is 35.5. The molecule has 0 aliphatic rings. The number of aromatic nitrogens is 1. The van der Waals surface area contributed by atoms with E-state index in [2.05, 4.69) is 10.3 Å². The summed E-state index contributed by atoms with van der Waals surface area (Å²) in [4.78, 5) is 4.10. The van der Waals surface area contributed by atoms with Gasteiger partial charge in [-0.3, -0.25) is 0 Å². The van der Waals surface area contributed by atoms with Crippen LogP contribution in [0.3, 0.4) is 0 Å². The molecular weight excluding hydrogens is 188 g/mol. The van der Waals surface area contributed by atoms with Crippen molar-refractivity contribution < 1.29 is 4.42 Å². The molecule has 72 valence electrons. The minimum Gasteiger partial charge on any atom is -0.444 e. The molecular formula is C9H13ClN2O. The molecule has 0 atom stereocenters. The Kier molecular flexibility index (Phi) is 4.57. The summed E-state index contributed by atoms with van der Waals surface area (Å²) in [5, 5.41) is 3.11. The molecule has 3 nitrogen and oxygen atoms in total. The molecule has 0 unspecified atom stereocenters. The van der Waals surface area contributed by atoms with Gasteiger partial charge >= 0.3 is 0 Å². The molecule has 4 heteroatoms. The van der Waals surface area contributed by atoms with Crippen LogP contribution in [-0.2, 0) is 13.0 Å². The number of rotatable bonds is 5. The van der Waals surface area contributed by atoms with E-state index in [0.29, 0.717) is 6.54 Å². The summed E-state index contributed by atoms with van der Waals surface area (Å²) in [6, 6.07) is 0. The van der Waals surface area contributed by atoms with Gasteiger partial charge in [-0.25, -0.2) is 4.98 Å². The standard InChI is InChI=1S/C9H13ClN2O/c1-2-8-6-12-9(13-8)7-11-5-3-4-10/h3-4,6,11H,2,5,7H2,1H3/b4-3+. The zero-order valence-corrected chi connectivity index (χ0v) is 8.34. The monoisotopic (exact) mass is 200 g/mol. The quantitative estimate of drug-likeness (QED) is 0.740. The van der Waals surface area contributed by atoms with Crippen molar-refractivity contribution in [3.63, 3.8) is 0 Å². The fourth-order valence-corrected chi connectivity index (χ4v) is 0.989. The smallest absolute Gasteiger partial charge is 0.208 e. The first-order valence-electron chi connectivity index (χ1n) is 4.26. The second-order valence-electron chi connectivity index (χ2n) is 2.57. The van der Waals surface area contributed by atoms with E-state index in [0.717, 1.165) is 24.6 Å². The fraction of sp³-hybridized carbons (Fsp3) is 0.444. The topological polar surface area (TPSA) is 38.1 Å². The van der Waals surface area contributed by atoms with Crippen LogP contribution in [0.15, 0.2) is 22.2 Å². The molecule has 0 fully saturated rings. The minimum atomic E-state index is 0.640. The van der Waals surface area contributed by atoms with E-state index in [1.165, 1.54) is 5.54 Å². The molecule has 0 aromatic carbocycles. The minimum absolute atomic E-state index is 0.640. The maximum Gasteiger partial charge on any atom is 0.208 e. The number of aryl methyl sites for hydroxylation is 1. The molecule has 1 rings (SSSR count). The van der Waals surface area contributed by atoms with Crippen molar-refractivity contribution in [1.29, 1.82) is 0 Å². The SMILES string of the molecule is CCc1cnc(CNC/C=C/Cl)o1. The first-order valence-corrected chi connectivity index (χ1v) is 4.70. The third-order valence-corrected chi connectivity index (χ3v) is 1.76. The number of hydrogen-bond acceptors (Lipinski definition) is 3. The van der Waals surface area contributed by atoms with Crippen molar-refractivity contribution in [3.05, 3.63) is 29.5 Å². The van der Waals surface area contributed by atoms with Crippen LogP contribution >= 0.6 is 11.6 Å².